The minimum atomic E-state index is -0.312. The van der Waals surface area contributed by atoms with Gasteiger partial charge in [0.25, 0.3) is 0 Å². The number of nitrogens with zero attached hydrogens (tertiary/aromatic N) is 5. The lowest BCUT2D eigenvalue weighted by Gasteiger charge is -2.32. The highest BCUT2D eigenvalue weighted by Crippen LogP contribution is 2.33. The van der Waals surface area contributed by atoms with Gasteiger partial charge in [-0.2, -0.15) is 5.10 Å². The highest BCUT2D eigenvalue weighted by molar-refractivity contribution is 5.98. The summed E-state index contributed by atoms with van der Waals surface area (Å²) in [5, 5.41) is 5.42. The summed E-state index contributed by atoms with van der Waals surface area (Å²) < 4.78 is 15.2. The molecule has 2 N–H and O–H groups in total. The van der Waals surface area contributed by atoms with Crippen molar-refractivity contribution in [2.75, 3.05) is 18.8 Å². The van der Waals surface area contributed by atoms with Crippen molar-refractivity contribution in [2.45, 2.75) is 32.2 Å². The molecule has 0 radical (unpaired) electrons. The molecule has 4 rings (SSSR count). The first-order chi connectivity index (χ1) is 13.1. The number of piperidine rings is 1. The molecule has 2 aromatic heterocycles. The number of fused-ring (bicyclic) bond motifs is 1. The van der Waals surface area contributed by atoms with Gasteiger partial charge in [-0.3, -0.25) is 4.79 Å². The third-order valence-electron chi connectivity index (χ3n) is 5.03. The molecule has 1 saturated heterocycles. The van der Waals surface area contributed by atoms with E-state index >= 15 is 0 Å². The Morgan fingerprint density at radius 3 is 2.81 bits per heavy atom. The van der Waals surface area contributed by atoms with Crippen LogP contribution in [0.5, 0.6) is 0 Å². The summed E-state index contributed by atoms with van der Waals surface area (Å²) in [5.41, 5.74) is 8.13. The number of likely N-dealkylation sites (tertiary alicyclic amines) is 1. The maximum absolute atomic E-state index is 13.3. The van der Waals surface area contributed by atoms with Crippen LogP contribution in [0.1, 0.15) is 32.2 Å². The Balaban J connectivity index is 1.81. The highest BCUT2D eigenvalue weighted by atomic mass is 19.1. The third-order valence-corrected chi connectivity index (χ3v) is 5.03. The molecule has 0 saturated carbocycles. The second-order valence-corrected chi connectivity index (χ2v) is 6.75. The molecule has 140 valence electrons. The van der Waals surface area contributed by atoms with Gasteiger partial charge >= 0.3 is 0 Å². The van der Waals surface area contributed by atoms with Crippen LogP contribution in [-0.4, -0.2) is 43.6 Å². The summed E-state index contributed by atoms with van der Waals surface area (Å²) in [4.78, 5) is 22.5. The Bertz CT molecular complexity index is 984. The van der Waals surface area contributed by atoms with E-state index in [1.165, 1.54) is 18.5 Å². The van der Waals surface area contributed by atoms with Crippen LogP contribution in [0.15, 0.2) is 30.6 Å². The number of aromatic nitrogens is 4. The Morgan fingerprint density at radius 1 is 1.30 bits per heavy atom. The number of rotatable bonds is 3. The van der Waals surface area contributed by atoms with Crippen LogP contribution < -0.4 is 5.73 Å². The van der Waals surface area contributed by atoms with Crippen molar-refractivity contribution in [2.24, 2.45) is 0 Å². The first-order valence-electron chi connectivity index (χ1n) is 9.11. The molecule has 0 bridgehead atoms. The topological polar surface area (TPSA) is 89.9 Å². The van der Waals surface area contributed by atoms with Gasteiger partial charge in [0.2, 0.25) is 5.91 Å². The number of halogens is 1. The van der Waals surface area contributed by atoms with E-state index in [1.54, 1.807) is 12.1 Å². The molecule has 27 heavy (non-hydrogen) atoms. The van der Waals surface area contributed by atoms with E-state index in [0.717, 1.165) is 24.9 Å². The smallest absolute Gasteiger partial charge is 0.222 e. The van der Waals surface area contributed by atoms with Gasteiger partial charge in [-0.05, 0) is 37.1 Å². The molecule has 0 spiro atoms. The van der Waals surface area contributed by atoms with Gasteiger partial charge < -0.3 is 10.6 Å². The number of benzene rings is 1. The van der Waals surface area contributed by atoms with E-state index < -0.39 is 0 Å². The lowest BCUT2D eigenvalue weighted by molar-refractivity contribution is -0.132. The van der Waals surface area contributed by atoms with Gasteiger partial charge in [0.15, 0.2) is 5.65 Å². The zero-order chi connectivity index (χ0) is 19.0. The average molecular weight is 368 g/mol. The molecule has 0 aliphatic carbocycles. The molecule has 3 heterocycles. The standard InChI is InChI=1S/C19H21FN6O/c1-2-15(27)25-9-3-4-14(10-25)26-19-16(18(21)22-11-23-19)17(24-26)12-5-7-13(20)8-6-12/h5-8,11,14H,2-4,9-10H2,1H3,(H2,21,22,23)/t14-/m1/s1. The zero-order valence-corrected chi connectivity index (χ0v) is 15.1. The molecule has 1 aliphatic rings. The van der Waals surface area contributed by atoms with E-state index in [2.05, 4.69) is 9.97 Å². The number of hydrogen-bond acceptors (Lipinski definition) is 5. The normalized spacial score (nSPS) is 17.4. The van der Waals surface area contributed by atoms with E-state index in [0.29, 0.717) is 35.5 Å². The molecular weight excluding hydrogens is 347 g/mol. The first-order valence-corrected chi connectivity index (χ1v) is 9.11. The Kier molecular flexibility index (Phi) is 4.47. The van der Waals surface area contributed by atoms with Crippen LogP contribution in [0.2, 0.25) is 0 Å². The van der Waals surface area contributed by atoms with Gasteiger partial charge in [-0.15, -0.1) is 0 Å². The summed E-state index contributed by atoms with van der Waals surface area (Å²) >= 11 is 0. The number of hydrogen-bond donors (Lipinski definition) is 1. The second-order valence-electron chi connectivity index (χ2n) is 6.75. The van der Waals surface area contributed by atoms with Crippen molar-refractivity contribution in [1.82, 2.24) is 24.6 Å². The maximum Gasteiger partial charge on any atom is 0.222 e. The monoisotopic (exact) mass is 368 g/mol. The molecular formula is C19H21FN6O. The molecule has 7 nitrogen and oxygen atoms in total. The zero-order valence-electron chi connectivity index (χ0n) is 15.1. The van der Waals surface area contributed by atoms with Crippen LogP contribution in [0, 0.1) is 5.82 Å². The van der Waals surface area contributed by atoms with Crippen LogP contribution in [0.25, 0.3) is 22.3 Å². The molecule has 0 unspecified atom stereocenters. The molecule has 1 amide bonds. The van der Waals surface area contributed by atoms with Gasteiger partial charge in [0.1, 0.15) is 23.7 Å². The number of amides is 1. The summed E-state index contributed by atoms with van der Waals surface area (Å²) in [6.45, 7) is 3.23. The SMILES string of the molecule is CCC(=O)N1CCC[C@@H](n2nc(-c3ccc(F)cc3)c3c(N)ncnc32)C1. The summed E-state index contributed by atoms with van der Waals surface area (Å²) in [6.07, 6.45) is 3.71. The van der Waals surface area contributed by atoms with Crippen LogP contribution >= 0.6 is 0 Å². The highest BCUT2D eigenvalue weighted by Gasteiger charge is 2.28. The van der Waals surface area contributed by atoms with Crippen molar-refractivity contribution in [3.8, 4) is 11.3 Å². The minimum absolute atomic E-state index is 0.0141. The van der Waals surface area contributed by atoms with Crippen molar-refractivity contribution in [1.29, 1.82) is 0 Å². The predicted octanol–water partition coefficient (Wildman–Crippen LogP) is 2.79. The van der Waals surface area contributed by atoms with Gasteiger partial charge in [-0.1, -0.05) is 6.92 Å². The predicted molar refractivity (Wildman–Crippen MR) is 100 cm³/mol. The van der Waals surface area contributed by atoms with Gasteiger partial charge in [-0.25, -0.2) is 19.0 Å². The molecule has 3 aromatic rings. The van der Waals surface area contributed by atoms with E-state index in [9.17, 15) is 9.18 Å². The number of carbonyl (C=O) groups is 1. The number of anilines is 1. The fourth-order valence-corrected chi connectivity index (χ4v) is 3.66. The van der Waals surface area contributed by atoms with Crippen molar-refractivity contribution >= 4 is 22.8 Å². The van der Waals surface area contributed by atoms with E-state index in [4.69, 9.17) is 10.8 Å². The fourth-order valence-electron chi connectivity index (χ4n) is 3.66. The Morgan fingerprint density at radius 2 is 2.07 bits per heavy atom. The van der Waals surface area contributed by atoms with E-state index in [1.807, 2.05) is 16.5 Å². The average Bonchev–Trinajstić information content (AvgIpc) is 3.09. The quantitative estimate of drug-likeness (QED) is 0.768. The molecule has 1 fully saturated rings. The molecule has 1 aromatic carbocycles. The second kappa shape index (κ2) is 6.94. The first kappa shape index (κ1) is 17.4. The Labute approximate surface area is 156 Å². The van der Waals surface area contributed by atoms with E-state index in [-0.39, 0.29) is 17.8 Å². The molecule has 1 aliphatic heterocycles. The third kappa shape index (κ3) is 3.11. The summed E-state index contributed by atoms with van der Waals surface area (Å²) in [6, 6.07) is 6.13. The van der Waals surface area contributed by atoms with Crippen molar-refractivity contribution < 1.29 is 9.18 Å². The van der Waals surface area contributed by atoms with Gasteiger partial charge in [0.05, 0.1) is 11.4 Å². The van der Waals surface area contributed by atoms with Crippen molar-refractivity contribution in [3.63, 3.8) is 0 Å². The largest absolute Gasteiger partial charge is 0.383 e. The van der Waals surface area contributed by atoms with Gasteiger partial charge in [0, 0.05) is 25.1 Å². The van der Waals surface area contributed by atoms with Crippen molar-refractivity contribution in [3.05, 3.63) is 36.4 Å². The molecule has 8 heteroatoms. The number of carbonyl (C=O) groups excluding carboxylic acids is 1. The number of nitrogens with two attached hydrogens (primary N) is 1. The lowest BCUT2D eigenvalue weighted by atomic mass is 10.1. The lowest BCUT2D eigenvalue weighted by Crippen LogP contribution is -2.40. The summed E-state index contributed by atoms with van der Waals surface area (Å²) in [7, 11) is 0. The Hall–Kier alpha value is -3.03. The van der Waals surface area contributed by atoms with Crippen LogP contribution in [0.4, 0.5) is 10.2 Å². The molecule has 1 atom stereocenters. The maximum atomic E-state index is 13.3. The van der Waals surface area contributed by atoms with Crippen LogP contribution in [-0.2, 0) is 4.79 Å². The van der Waals surface area contributed by atoms with Crippen LogP contribution in [0.3, 0.4) is 0 Å². The number of nitrogen functional groups attached to an aromatic ring is 1. The minimum Gasteiger partial charge on any atom is -0.383 e. The summed E-state index contributed by atoms with van der Waals surface area (Å²) in [5.74, 6) is 0.166. The fraction of sp³-hybridized carbons (Fsp3) is 0.368.